The van der Waals surface area contributed by atoms with Gasteiger partial charge in [0.1, 0.15) is 12.1 Å². The highest BCUT2D eigenvalue weighted by molar-refractivity contribution is 6.30. The quantitative estimate of drug-likeness (QED) is 0.471. The molecule has 2 aliphatic rings. The number of piperazine rings is 1. The van der Waals surface area contributed by atoms with Crippen molar-refractivity contribution in [2.75, 3.05) is 44.2 Å². The zero-order valence-electron chi connectivity index (χ0n) is 23.4. The van der Waals surface area contributed by atoms with Crippen LogP contribution in [0.15, 0.2) is 30.6 Å². The molecule has 3 atom stereocenters. The number of esters is 1. The van der Waals surface area contributed by atoms with Gasteiger partial charge in [0.05, 0.1) is 24.3 Å². The summed E-state index contributed by atoms with van der Waals surface area (Å²) < 4.78 is 4.40. The molecule has 216 valence electrons. The van der Waals surface area contributed by atoms with E-state index in [0.29, 0.717) is 56.8 Å². The Hall–Kier alpha value is -2.46. The Kier molecular flexibility index (Phi) is 12.9. The zero-order valence-corrected chi connectivity index (χ0v) is 25.0. The molecule has 1 fully saturated rings. The molecule has 1 saturated heterocycles. The number of rotatable bonds is 7. The number of nitrogens with zero attached hydrogens (tertiary/aromatic N) is 4. The highest BCUT2D eigenvalue weighted by Gasteiger charge is 2.35. The number of carbonyl (C=O) groups excluding carboxylic acids is 2. The van der Waals surface area contributed by atoms with E-state index < -0.39 is 6.10 Å². The number of anilines is 1. The van der Waals surface area contributed by atoms with Crippen LogP contribution in [0, 0.1) is 0 Å². The van der Waals surface area contributed by atoms with Crippen molar-refractivity contribution >= 4 is 41.7 Å². The summed E-state index contributed by atoms with van der Waals surface area (Å²) in [7, 11) is 0. The van der Waals surface area contributed by atoms with Gasteiger partial charge in [0.15, 0.2) is 0 Å². The van der Waals surface area contributed by atoms with E-state index >= 15 is 0 Å². The van der Waals surface area contributed by atoms with Crippen LogP contribution in [0.25, 0.3) is 0 Å². The Labute approximate surface area is 242 Å². The van der Waals surface area contributed by atoms with Gasteiger partial charge < -0.3 is 25.0 Å². The van der Waals surface area contributed by atoms with Gasteiger partial charge in [-0.05, 0) is 37.0 Å². The van der Waals surface area contributed by atoms with E-state index in [9.17, 15) is 14.7 Å². The SMILES string of the molecule is CC(C)NC[C@@H](C(=O)N1CCN(c2ncnc3c2[C@H](C)C[C@H]3O)CC1)c1ccc(Cl)cc1.CCOC(C)=O.Cl. The minimum absolute atomic E-state index is 0. The maximum atomic E-state index is 13.5. The van der Waals surface area contributed by atoms with Crippen molar-refractivity contribution in [3.8, 4) is 0 Å². The van der Waals surface area contributed by atoms with E-state index in [1.54, 1.807) is 13.3 Å². The third-order valence-electron chi connectivity index (χ3n) is 6.82. The number of ether oxygens (including phenoxy) is 1. The van der Waals surface area contributed by atoms with Gasteiger partial charge in [-0.25, -0.2) is 9.97 Å². The summed E-state index contributed by atoms with van der Waals surface area (Å²) >= 11 is 6.06. The first kappa shape index (κ1) is 32.8. The van der Waals surface area contributed by atoms with E-state index in [-0.39, 0.29) is 36.1 Å². The van der Waals surface area contributed by atoms with Gasteiger partial charge >= 0.3 is 5.97 Å². The van der Waals surface area contributed by atoms with Crippen LogP contribution in [0.4, 0.5) is 5.82 Å². The first-order valence-electron chi connectivity index (χ1n) is 13.3. The van der Waals surface area contributed by atoms with Crippen LogP contribution in [0.5, 0.6) is 0 Å². The molecule has 2 aromatic rings. The molecule has 1 aliphatic heterocycles. The highest BCUT2D eigenvalue weighted by Crippen LogP contribution is 2.42. The van der Waals surface area contributed by atoms with Gasteiger partial charge in [-0.1, -0.05) is 44.5 Å². The van der Waals surface area contributed by atoms with E-state index in [1.165, 1.54) is 6.92 Å². The smallest absolute Gasteiger partial charge is 0.302 e. The van der Waals surface area contributed by atoms with Crippen LogP contribution < -0.4 is 10.2 Å². The summed E-state index contributed by atoms with van der Waals surface area (Å²) in [5.41, 5.74) is 2.79. The number of aromatic nitrogens is 2. The molecule has 39 heavy (non-hydrogen) atoms. The molecular formula is C28H41Cl2N5O4. The Morgan fingerprint density at radius 1 is 1.15 bits per heavy atom. The van der Waals surface area contributed by atoms with E-state index in [2.05, 4.69) is 45.7 Å². The molecule has 1 amide bonds. The molecule has 0 bridgehead atoms. The second-order valence-electron chi connectivity index (χ2n) is 10.1. The Balaban J connectivity index is 0.000000687. The molecule has 0 radical (unpaired) electrons. The van der Waals surface area contributed by atoms with Gasteiger partial charge in [0.25, 0.3) is 0 Å². The number of carbonyl (C=O) groups is 2. The number of hydrogen-bond acceptors (Lipinski definition) is 8. The number of halogens is 2. The Bertz CT molecular complexity index is 1080. The molecule has 0 unspecified atom stereocenters. The van der Waals surface area contributed by atoms with Crippen molar-refractivity contribution in [2.45, 2.75) is 65.0 Å². The van der Waals surface area contributed by atoms with Crippen molar-refractivity contribution in [1.29, 1.82) is 0 Å². The largest absolute Gasteiger partial charge is 0.466 e. The summed E-state index contributed by atoms with van der Waals surface area (Å²) in [5, 5.41) is 14.4. The van der Waals surface area contributed by atoms with Crippen LogP contribution in [0.2, 0.25) is 5.02 Å². The molecular weight excluding hydrogens is 541 g/mol. The molecule has 4 rings (SSSR count). The fourth-order valence-corrected chi connectivity index (χ4v) is 5.04. The monoisotopic (exact) mass is 581 g/mol. The third-order valence-corrected chi connectivity index (χ3v) is 7.07. The molecule has 0 spiro atoms. The fourth-order valence-electron chi connectivity index (χ4n) is 4.91. The maximum Gasteiger partial charge on any atom is 0.302 e. The van der Waals surface area contributed by atoms with Gasteiger partial charge in [-0.2, -0.15) is 0 Å². The molecule has 2 N–H and O–H groups in total. The predicted octanol–water partition coefficient (Wildman–Crippen LogP) is 4.09. The predicted molar refractivity (Wildman–Crippen MR) is 156 cm³/mol. The number of aliphatic hydroxyl groups excluding tert-OH is 1. The van der Waals surface area contributed by atoms with Crippen LogP contribution in [0.1, 0.15) is 75.8 Å². The lowest BCUT2D eigenvalue weighted by atomic mass is 9.96. The van der Waals surface area contributed by atoms with Crippen LogP contribution in [0.3, 0.4) is 0 Å². The van der Waals surface area contributed by atoms with Crippen LogP contribution in [-0.2, 0) is 14.3 Å². The summed E-state index contributed by atoms with van der Waals surface area (Å²) in [5.74, 6) is 0.808. The fraction of sp³-hybridized carbons (Fsp3) is 0.571. The van der Waals surface area contributed by atoms with E-state index in [1.807, 2.05) is 29.2 Å². The first-order chi connectivity index (χ1) is 18.1. The number of hydrogen-bond donors (Lipinski definition) is 2. The normalized spacial score (nSPS) is 19.0. The molecule has 2 heterocycles. The van der Waals surface area contributed by atoms with Crippen molar-refractivity contribution < 1.29 is 19.4 Å². The van der Waals surface area contributed by atoms with E-state index in [0.717, 1.165) is 22.6 Å². The number of nitrogens with one attached hydrogen (secondary N) is 1. The molecule has 11 heteroatoms. The average molecular weight is 583 g/mol. The van der Waals surface area contributed by atoms with Gasteiger partial charge in [0.2, 0.25) is 5.91 Å². The second-order valence-corrected chi connectivity index (χ2v) is 10.5. The zero-order chi connectivity index (χ0) is 27.8. The lowest BCUT2D eigenvalue weighted by molar-refractivity contribution is -0.140. The molecule has 1 aromatic carbocycles. The van der Waals surface area contributed by atoms with Gasteiger partial charge in [-0.3, -0.25) is 9.59 Å². The first-order valence-corrected chi connectivity index (χ1v) is 13.7. The minimum atomic E-state index is -0.516. The number of aliphatic hydroxyl groups is 1. The molecule has 1 aliphatic carbocycles. The van der Waals surface area contributed by atoms with Crippen molar-refractivity contribution in [2.24, 2.45) is 0 Å². The Morgan fingerprint density at radius 2 is 1.79 bits per heavy atom. The summed E-state index contributed by atoms with van der Waals surface area (Å²) in [6.45, 7) is 13.2. The van der Waals surface area contributed by atoms with Crippen LogP contribution in [-0.4, -0.2) is 77.2 Å². The summed E-state index contributed by atoms with van der Waals surface area (Å²) in [6.07, 6.45) is 1.71. The number of benzene rings is 1. The average Bonchev–Trinajstić information content (AvgIpc) is 3.18. The topological polar surface area (TPSA) is 108 Å². The van der Waals surface area contributed by atoms with Crippen LogP contribution >= 0.6 is 24.0 Å². The number of amides is 1. The highest BCUT2D eigenvalue weighted by atomic mass is 35.5. The minimum Gasteiger partial charge on any atom is -0.466 e. The maximum absolute atomic E-state index is 13.5. The Morgan fingerprint density at radius 3 is 2.33 bits per heavy atom. The lowest BCUT2D eigenvalue weighted by Crippen LogP contribution is -2.51. The standard InChI is InChI=1S/C24H32ClN5O2.C4H8O2.ClH/c1-15(2)26-13-19(17-4-6-18(25)7-5-17)24(32)30-10-8-29(9-11-30)23-21-16(3)12-20(31)22(21)27-14-28-23;1-3-6-4(2)5;/h4-7,14-16,19-20,26,31H,8-13H2,1-3H3;3H2,1-2H3;1H/t16-,19-,20-;;/m1../s1. The van der Waals surface area contributed by atoms with Gasteiger partial charge in [-0.15, -0.1) is 12.4 Å². The van der Waals surface area contributed by atoms with Gasteiger partial charge in [0, 0.05) is 56.3 Å². The van der Waals surface area contributed by atoms with Crippen molar-refractivity contribution in [3.05, 3.63) is 52.4 Å². The molecule has 9 nitrogen and oxygen atoms in total. The van der Waals surface area contributed by atoms with Crippen molar-refractivity contribution in [1.82, 2.24) is 20.2 Å². The number of fused-ring (bicyclic) bond motifs is 1. The molecule has 1 aromatic heterocycles. The third kappa shape index (κ3) is 8.76. The van der Waals surface area contributed by atoms with Crippen molar-refractivity contribution in [3.63, 3.8) is 0 Å². The summed E-state index contributed by atoms with van der Waals surface area (Å²) in [4.78, 5) is 36.4. The second kappa shape index (κ2) is 15.4. The lowest BCUT2D eigenvalue weighted by Gasteiger charge is -2.38. The molecule has 0 saturated carbocycles. The summed E-state index contributed by atoms with van der Waals surface area (Å²) in [6, 6.07) is 7.87. The van der Waals surface area contributed by atoms with E-state index in [4.69, 9.17) is 11.6 Å².